The summed E-state index contributed by atoms with van der Waals surface area (Å²) in [5.41, 5.74) is 5.00. The zero-order chi connectivity index (χ0) is 4.99. The Morgan fingerprint density at radius 3 is 2.50 bits per heavy atom. The molecule has 6 heavy (non-hydrogen) atoms. The van der Waals surface area contributed by atoms with E-state index in [9.17, 15) is 0 Å². The molecule has 1 nitrogen and oxygen atoms in total. The average Bonchev–Trinajstić information content (AvgIpc) is 1.65. The summed E-state index contributed by atoms with van der Waals surface area (Å²) in [5.74, 6) is 0. The van der Waals surface area contributed by atoms with Crippen LogP contribution in [0.4, 0.5) is 0 Å². The Bertz CT molecular complexity index is 61.8. The van der Waals surface area contributed by atoms with Crippen molar-refractivity contribution in [3.05, 3.63) is 11.4 Å². The molecule has 0 aromatic carbocycles. The minimum atomic E-state index is 0.645. The SMILES string of the molecule is [B]/C(=C\N)PC. The quantitative estimate of drug-likeness (QED) is 0.369. The normalized spacial score (nSPS) is 13.8. The van der Waals surface area contributed by atoms with Gasteiger partial charge in [0.05, 0.1) is 0 Å². The molecular formula is C3H7BNP. The first-order valence-corrected chi connectivity index (χ1v) is 3.16. The van der Waals surface area contributed by atoms with Crippen molar-refractivity contribution in [2.75, 3.05) is 6.66 Å². The molecule has 0 aliphatic heterocycles. The number of nitrogens with two attached hydrogens (primary N) is 1. The average molecular weight is 98.9 g/mol. The van der Waals surface area contributed by atoms with Gasteiger partial charge in [-0.3, -0.25) is 0 Å². The largest absolute Gasteiger partial charge is 0.405 e. The van der Waals surface area contributed by atoms with Crippen molar-refractivity contribution < 1.29 is 0 Å². The fourth-order valence-corrected chi connectivity index (χ4v) is 0.250. The minimum absolute atomic E-state index is 0.645. The van der Waals surface area contributed by atoms with Gasteiger partial charge in [-0.15, -0.1) is 8.58 Å². The maximum atomic E-state index is 5.22. The molecule has 1 atom stereocenters. The predicted octanol–water partition coefficient (Wildman–Crippen LogP) is 0.221. The fourth-order valence-electron chi connectivity index (χ4n) is 0.0833. The topological polar surface area (TPSA) is 26.0 Å². The molecule has 0 saturated carbocycles. The van der Waals surface area contributed by atoms with Gasteiger partial charge in [0, 0.05) is 0 Å². The molecule has 2 N–H and O–H groups in total. The first kappa shape index (κ1) is 6.03. The lowest BCUT2D eigenvalue weighted by molar-refractivity contribution is 1.62. The molecule has 0 saturated heterocycles. The van der Waals surface area contributed by atoms with Gasteiger partial charge in [-0.05, 0) is 12.9 Å². The highest BCUT2D eigenvalue weighted by Gasteiger charge is 1.73. The molecule has 2 radical (unpaired) electrons. The summed E-state index contributed by atoms with van der Waals surface area (Å²) < 4.78 is 0. The van der Waals surface area contributed by atoms with E-state index in [0.717, 1.165) is 5.21 Å². The second-order valence-electron chi connectivity index (χ2n) is 0.872. The van der Waals surface area contributed by atoms with Crippen LogP contribution >= 0.6 is 8.58 Å². The third-order valence-corrected chi connectivity index (χ3v) is 1.21. The Kier molecular flexibility index (Phi) is 3.25. The van der Waals surface area contributed by atoms with Crippen LogP contribution in [0, 0.1) is 0 Å². The first-order chi connectivity index (χ1) is 2.81. The van der Waals surface area contributed by atoms with Gasteiger partial charge in [0.15, 0.2) is 0 Å². The molecule has 0 heterocycles. The van der Waals surface area contributed by atoms with Crippen molar-refractivity contribution >= 4 is 16.4 Å². The molecule has 3 heteroatoms. The minimum Gasteiger partial charge on any atom is -0.405 e. The summed E-state index contributed by atoms with van der Waals surface area (Å²) in [6, 6.07) is 0. The molecule has 0 rings (SSSR count). The fraction of sp³-hybridized carbons (Fsp3) is 0.333. The van der Waals surface area contributed by atoms with Gasteiger partial charge in [0.25, 0.3) is 0 Å². The maximum absolute atomic E-state index is 5.22. The second kappa shape index (κ2) is 3.23. The van der Waals surface area contributed by atoms with Crippen molar-refractivity contribution in [2.45, 2.75) is 0 Å². The van der Waals surface area contributed by atoms with Crippen molar-refractivity contribution in [3.8, 4) is 0 Å². The molecule has 32 valence electrons. The summed E-state index contributed by atoms with van der Waals surface area (Å²) >= 11 is 0. The highest BCUT2D eigenvalue weighted by molar-refractivity contribution is 7.45. The molecule has 0 fully saturated rings. The Labute approximate surface area is 41.2 Å². The van der Waals surface area contributed by atoms with Crippen LogP contribution in [-0.4, -0.2) is 14.5 Å². The Balaban J connectivity index is 3.22. The third-order valence-electron chi connectivity index (χ3n) is 0.468. The van der Waals surface area contributed by atoms with Gasteiger partial charge in [0.2, 0.25) is 0 Å². The van der Waals surface area contributed by atoms with Crippen LogP contribution in [0.3, 0.4) is 0 Å². The molecule has 1 unspecified atom stereocenters. The zero-order valence-corrected chi connectivity index (χ0v) is 4.73. The predicted molar refractivity (Wildman–Crippen MR) is 32.3 cm³/mol. The second-order valence-corrected chi connectivity index (χ2v) is 1.95. The number of rotatable bonds is 1. The zero-order valence-electron chi connectivity index (χ0n) is 3.73. The molecule has 0 aliphatic carbocycles. The molecular weight excluding hydrogens is 91.8 g/mol. The lowest BCUT2D eigenvalue weighted by Gasteiger charge is -1.86. The third kappa shape index (κ3) is 2.28. The summed E-state index contributed by atoms with van der Waals surface area (Å²) in [6.07, 6.45) is 1.43. The van der Waals surface area contributed by atoms with E-state index in [0.29, 0.717) is 8.58 Å². The van der Waals surface area contributed by atoms with E-state index >= 15 is 0 Å². The van der Waals surface area contributed by atoms with Gasteiger partial charge in [-0.25, -0.2) is 0 Å². The van der Waals surface area contributed by atoms with Crippen LogP contribution in [0.5, 0.6) is 0 Å². The van der Waals surface area contributed by atoms with Gasteiger partial charge < -0.3 is 5.73 Å². The first-order valence-electron chi connectivity index (χ1n) is 1.66. The van der Waals surface area contributed by atoms with Crippen LogP contribution in [0.25, 0.3) is 0 Å². The van der Waals surface area contributed by atoms with Crippen molar-refractivity contribution in [3.63, 3.8) is 0 Å². The molecule has 0 aromatic rings. The standard InChI is InChI=1S/C3H7BNP/c1-6-3(4)2-5/h2,6H,5H2,1H3/b3-2+. The molecule has 0 aromatic heterocycles. The smallest absolute Gasteiger partial charge is 0.116 e. The molecule has 0 bridgehead atoms. The monoisotopic (exact) mass is 99.0 g/mol. The Morgan fingerprint density at radius 1 is 2.00 bits per heavy atom. The highest BCUT2D eigenvalue weighted by atomic mass is 31.1. The lowest BCUT2D eigenvalue weighted by Crippen LogP contribution is -1.80. The Hall–Kier alpha value is 0.0349. The van der Waals surface area contributed by atoms with Crippen LogP contribution in [0.2, 0.25) is 0 Å². The highest BCUT2D eigenvalue weighted by Crippen LogP contribution is 2.10. The summed E-state index contributed by atoms with van der Waals surface area (Å²) in [7, 11) is 5.87. The summed E-state index contributed by atoms with van der Waals surface area (Å²) in [5, 5.41) is 0.773. The summed E-state index contributed by atoms with van der Waals surface area (Å²) in [6.45, 7) is 1.98. The van der Waals surface area contributed by atoms with Gasteiger partial charge in [-0.2, -0.15) is 0 Å². The van der Waals surface area contributed by atoms with E-state index in [2.05, 4.69) is 0 Å². The maximum Gasteiger partial charge on any atom is 0.116 e. The number of hydrogen-bond acceptors (Lipinski definition) is 1. The summed E-state index contributed by atoms with van der Waals surface area (Å²) in [4.78, 5) is 0. The lowest BCUT2D eigenvalue weighted by atomic mass is 10.1. The van der Waals surface area contributed by atoms with E-state index in [1.165, 1.54) is 6.20 Å². The van der Waals surface area contributed by atoms with Crippen molar-refractivity contribution in [2.24, 2.45) is 5.73 Å². The van der Waals surface area contributed by atoms with Crippen LogP contribution in [0.1, 0.15) is 0 Å². The van der Waals surface area contributed by atoms with E-state index < -0.39 is 0 Å². The van der Waals surface area contributed by atoms with E-state index in [1.54, 1.807) is 0 Å². The van der Waals surface area contributed by atoms with Gasteiger partial charge in [-0.1, -0.05) is 5.21 Å². The molecule has 0 amide bonds. The number of hydrogen-bond donors (Lipinski definition) is 1. The molecule has 0 aliphatic rings. The van der Waals surface area contributed by atoms with Crippen LogP contribution in [0.15, 0.2) is 11.4 Å². The van der Waals surface area contributed by atoms with Crippen molar-refractivity contribution in [1.82, 2.24) is 0 Å². The van der Waals surface area contributed by atoms with Crippen LogP contribution in [-0.2, 0) is 0 Å². The van der Waals surface area contributed by atoms with Gasteiger partial charge >= 0.3 is 0 Å². The van der Waals surface area contributed by atoms with Crippen LogP contribution < -0.4 is 5.73 Å². The van der Waals surface area contributed by atoms with Gasteiger partial charge in [0.1, 0.15) is 7.85 Å². The van der Waals surface area contributed by atoms with E-state index in [1.807, 2.05) is 6.66 Å². The molecule has 0 spiro atoms. The van der Waals surface area contributed by atoms with E-state index in [-0.39, 0.29) is 0 Å². The van der Waals surface area contributed by atoms with Crippen molar-refractivity contribution in [1.29, 1.82) is 0 Å². The Morgan fingerprint density at radius 2 is 2.50 bits per heavy atom. The van der Waals surface area contributed by atoms with E-state index in [4.69, 9.17) is 13.6 Å².